The van der Waals surface area contributed by atoms with Gasteiger partial charge >= 0.3 is 0 Å². The molecular formula is C19H14BrClN2O3S. The number of ether oxygens (including phenoxy) is 1. The van der Waals surface area contributed by atoms with E-state index in [1.807, 2.05) is 12.1 Å². The Kier molecular flexibility index (Phi) is 5.94. The first-order valence-electron chi connectivity index (χ1n) is 7.86. The summed E-state index contributed by atoms with van der Waals surface area (Å²) in [6, 6.07) is 11.9. The Morgan fingerprint density at radius 1 is 1.30 bits per heavy atom. The molecule has 1 aliphatic heterocycles. The minimum atomic E-state index is -0.371. The van der Waals surface area contributed by atoms with Crippen molar-refractivity contribution in [2.24, 2.45) is 0 Å². The first-order valence-corrected chi connectivity index (χ1v) is 9.44. The van der Waals surface area contributed by atoms with E-state index in [0.29, 0.717) is 21.9 Å². The molecule has 138 valence electrons. The third-order valence-electron chi connectivity index (χ3n) is 3.92. The minimum absolute atomic E-state index is 0.154. The number of nitrogens with one attached hydrogen (secondary N) is 1. The van der Waals surface area contributed by atoms with Gasteiger partial charge in [-0.2, -0.15) is 0 Å². The number of benzene rings is 2. The molecule has 0 unspecified atom stereocenters. The van der Waals surface area contributed by atoms with Crippen molar-refractivity contribution in [1.29, 1.82) is 0 Å². The van der Waals surface area contributed by atoms with Crippen molar-refractivity contribution < 1.29 is 14.3 Å². The number of ketones is 1. The second-order valence-corrected chi connectivity index (χ2v) is 7.43. The van der Waals surface area contributed by atoms with E-state index in [-0.39, 0.29) is 29.0 Å². The predicted molar refractivity (Wildman–Crippen MR) is 112 cm³/mol. The largest absolute Gasteiger partial charge is 0.496 e. The normalized spacial score (nSPS) is 15.2. The number of thiocarbonyl (C=S) groups is 1. The number of hydrogen-bond acceptors (Lipinski definition) is 4. The van der Waals surface area contributed by atoms with Gasteiger partial charge in [0, 0.05) is 20.6 Å². The molecule has 1 heterocycles. The van der Waals surface area contributed by atoms with Gasteiger partial charge in [0.1, 0.15) is 11.4 Å². The molecule has 2 aromatic rings. The number of rotatable bonds is 5. The van der Waals surface area contributed by atoms with Gasteiger partial charge in [-0.3, -0.25) is 14.5 Å². The summed E-state index contributed by atoms with van der Waals surface area (Å²) in [6.07, 6.45) is 1.64. The van der Waals surface area contributed by atoms with E-state index >= 15 is 0 Å². The van der Waals surface area contributed by atoms with Crippen LogP contribution in [-0.4, -0.2) is 35.4 Å². The molecule has 27 heavy (non-hydrogen) atoms. The monoisotopic (exact) mass is 464 g/mol. The molecule has 3 rings (SSSR count). The molecule has 5 nitrogen and oxygen atoms in total. The lowest BCUT2D eigenvalue weighted by atomic mass is 10.1. The summed E-state index contributed by atoms with van der Waals surface area (Å²) in [5.41, 5.74) is 1.44. The topological polar surface area (TPSA) is 58.6 Å². The second kappa shape index (κ2) is 8.21. The Balaban J connectivity index is 1.82. The number of Topliss-reactive ketones (excluding diaryl/α,β-unsaturated/α-hetero) is 1. The maximum absolute atomic E-state index is 12.7. The summed E-state index contributed by atoms with van der Waals surface area (Å²) < 4.78 is 6.16. The molecule has 1 amide bonds. The summed E-state index contributed by atoms with van der Waals surface area (Å²) in [6.45, 7) is -0.154. The van der Waals surface area contributed by atoms with Crippen molar-refractivity contribution >= 4 is 62.6 Å². The van der Waals surface area contributed by atoms with Gasteiger partial charge in [0.25, 0.3) is 5.91 Å². The standard InChI is InChI=1S/C19H14BrClN2O3S/c1-26-17-7-4-13(20)8-12(17)9-15-18(25)23(19(27)22-15)10-16(24)11-2-5-14(21)6-3-11/h2-9H,10H2,1H3,(H,22,27). The second-order valence-electron chi connectivity index (χ2n) is 5.70. The summed E-state index contributed by atoms with van der Waals surface area (Å²) in [7, 11) is 1.55. The van der Waals surface area contributed by atoms with Crippen molar-refractivity contribution in [1.82, 2.24) is 10.2 Å². The van der Waals surface area contributed by atoms with Gasteiger partial charge in [-0.1, -0.05) is 27.5 Å². The van der Waals surface area contributed by atoms with E-state index in [4.69, 9.17) is 28.6 Å². The van der Waals surface area contributed by atoms with Gasteiger partial charge in [-0.25, -0.2) is 0 Å². The Morgan fingerprint density at radius 2 is 2.00 bits per heavy atom. The van der Waals surface area contributed by atoms with Crippen LogP contribution in [0.2, 0.25) is 5.02 Å². The molecule has 0 spiro atoms. The molecule has 1 saturated heterocycles. The third kappa shape index (κ3) is 4.37. The van der Waals surface area contributed by atoms with E-state index in [1.165, 1.54) is 4.90 Å². The number of amides is 1. The highest BCUT2D eigenvalue weighted by Crippen LogP contribution is 2.26. The highest BCUT2D eigenvalue weighted by atomic mass is 79.9. The highest BCUT2D eigenvalue weighted by molar-refractivity contribution is 9.10. The van der Waals surface area contributed by atoms with Crippen LogP contribution in [0.15, 0.2) is 52.6 Å². The summed E-state index contributed by atoms with van der Waals surface area (Å²) in [4.78, 5) is 26.4. The molecule has 0 aromatic heterocycles. The van der Waals surface area contributed by atoms with E-state index in [1.54, 1.807) is 43.5 Å². The molecule has 0 saturated carbocycles. The van der Waals surface area contributed by atoms with Crippen molar-refractivity contribution in [3.63, 3.8) is 0 Å². The molecule has 0 atom stereocenters. The molecule has 0 aliphatic carbocycles. The number of halogens is 2. The van der Waals surface area contributed by atoms with Crippen LogP contribution in [0.3, 0.4) is 0 Å². The molecule has 0 bridgehead atoms. The molecule has 1 fully saturated rings. The molecule has 1 aliphatic rings. The van der Waals surface area contributed by atoms with Crippen molar-refractivity contribution in [3.8, 4) is 5.75 Å². The molecular weight excluding hydrogens is 452 g/mol. The van der Waals surface area contributed by atoms with Gasteiger partial charge < -0.3 is 10.1 Å². The van der Waals surface area contributed by atoms with Crippen LogP contribution in [-0.2, 0) is 4.79 Å². The van der Waals surface area contributed by atoms with Crippen molar-refractivity contribution in [2.75, 3.05) is 13.7 Å². The average molecular weight is 466 g/mol. The Hall–Kier alpha value is -2.22. The predicted octanol–water partition coefficient (Wildman–Crippen LogP) is 4.05. The zero-order chi connectivity index (χ0) is 19.6. The van der Waals surface area contributed by atoms with Crippen LogP contribution < -0.4 is 10.1 Å². The number of carbonyl (C=O) groups excluding carboxylic acids is 2. The van der Waals surface area contributed by atoms with Crippen LogP contribution in [0, 0.1) is 0 Å². The fourth-order valence-electron chi connectivity index (χ4n) is 2.56. The van der Waals surface area contributed by atoms with Crippen molar-refractivity contribution in [2.45, 2.75) is 0 Å². The lowest BCUT2D eigenvalue weighted by Crippen LogP contribution is -2.35. The summed E-state index contributed by atoms with van der Waals surface area (Å²) >= 11 is 14.5. The molecule has 1 N–H and O–H groups in total. The van der Waals surface area contributed by atoms with E-state index in [2.05, 4.69) is 21.2 Å². The van der Waals surface area contributed by atoms with E-state index < -0.39 is 0 Å². The quantitative estimate of drug-likeness (QED) is 0.410. The van der Waals surface area contributed by atoms with Gasteiger partial charge in [0.05, 0.1) is 13.7 Å². The van der Waals surface area contributed by atoms with Gasteiger partial charge in [0.2, 0.25) is 0 Å². The zero-order valence-corrected chi connectivity index (χ0v) is 17.3. The van der Waals surface area contributed by atoms with Crippen molar-refractivity contribution in [3.05, 3.63) is 68.8 Å². The lowest BCUT2D eigenvalue weighted by Gasteiger charge is -2.13. The molecule has 8 heteroatoms. The first kappa shape index (κ1) is 19.5. The summed E-state index contributed by atoms with van der Waals surface area (Å²) in [5, 5.41) is 3.58. The average Bonchev–Trinajstić information content (AvgIpc) is 2.90. The zero-order valence-electron chi connectivity index (χ0n) is 14.2. The van der Waals surface area contributed by atoms with Gasteiger partial charge in [-0.05, 0) is 60.8 Å². The third-order valence-corrected chi connectivity index (χ3v) is 4.99. The first-order chi connectivity index (χ1) is 12.9. The maximum Gasteiger partial charge on any atom is 0.276 e. The Morgan fingerprint density at radius 3 is 2.67 bits per heavy atom. The van der Waals surface area contributed by atoms with E-state index in [0.717, 1.165) is 4.47 Å². The number of methoxy groups -OCH3 is 1. The molecule has 2 aromatic carbocycles. The van der Waals surface area contributed by atoms with Gasteiger partial charge in [-0.15, -0.1) is 0 Å². The maximum atomic E-state index is 12.7. The van der Waals surface area contributed by atoms with Gasteiger partial charge in [0.15, 0.2) is 10.9 Å². The Labute approximate surface area is 175 Å². The number of carbonyl (C=O) groups is 2. The lowest BCUT2D eigenvalue weighted by molar-refractivity contribution is -0.122. The van der Waals surface area contributed by atoms with Crippen LogP contribution in [0.4, 0.5) is 0 Å². The SMILES string of the molecule is COc1ccc(Br)cc1C=C1NC(=S)N(CC(=O)c2ccc(Cl)cc2)C1=O. The molecule has 0 radical (unpaired) electrons. The smallest absolute Gasteiger partial charge is 0.276 e. The highest BCUT2D eigenvalue weighted by Gasteiger charge is 2.32. The van der Waals surface area contributed by atoms with E-state index in [9.17, 15) is 9.59 Å². The fourth-order valence-corrected chi connectivity index (χ4v) is 3.32. The number of hydrogen-bond donors (Lipinski definition) is 1. The Bertz CT molecular complexity index is 960. The summed E-state index contributed by atoms with van der Waals surface area (Å²) in [5.74, 6) is 0.0108. The van der Waals surface area contributed by atoms with Crippen LogP contribution in [0.1, 0.15) is 15.9 Å². The van der Waals surface area contributed by atoms with Crippen LogP contribution >= 0.6 is 39.7 Å². The fraction of sp³-hybridized carbons (Fsp3) is 0.105. The van der Waals surface area contributed by atoms with Crippen LogP contribution in [0.25, 0.3) is 6.08 Å². The minimum Gasteiger partial charge on any atom is -0.496 e. The van der Waals surface area contributed by atoms with Crippen LogP contribution in [0.5, 0.6) is 5.75 Å². The number of nitrogens with zero attached hydrogens (tertiary/aromatic N) is 1.